The van der Waals surface area contributed by atoms with Gasteiger partial charge in [0, 0.05) is 50.0 Å². The maximum absolute atomic E-state index is 12.2. The highest BCUT2D eigenvalue weighted by Gasteiger charge is 2.27. The van der Waals surface area contributed by atoms with E-state index in [4.69, 9.17) is 16.3 Å². The van der Waals surface area contributed by atoms with E-state index in [1.165, 1.54) is 0 Å². The molecule has 0 bridgehead atoms. The summed E-state index contributed by atoms with van der Waals surface area (Å²) in [6.07, 6.45) is 1.99. The number of anilines is 1. The fraction of sp³-hybridized carbons (Fsp3) is 0.529. The average molecular weight is 352 g/mol. The van der Waals surface area contributed by atoms with Crippen LogP contribution in [-0.2, 0) is 14.3 Å². The monoisotopic (exact) mass is 351 g/mol. The molecule has 0 radical (unpaired) electrons. The van der Waals surface area contributed by atoms with Crippen LogP contribution in [0.25, 0.3) is 0 Å². The van der Waals surface area contributed by atoms with Crippen molar-refractivity contribution in [3.63, 3.8) is 0 Å². The van der Waals surface area contributed by atoms with Crippen molar-refractivity contribution in [2.24, 2.45) is 0 Å². The van der Waals surface area contributed by atoms with Crippen molar-refractivity contribution in [3.05, 3.63) is 29.3 Å². The van der Waals surface area contributed by atoms with Crippen LogP contribution in [0.15, 0.2) is 24.3 Å². The van der Waals surface area contributed by atoms with Crippen LogP contribution in [0.1, 0.15) is 12.8 Å². The Balaban J connectivity index is 1.46. The minimum Gasteiger partial charge on any atom is -0.376 e. The van der Waals surface area contributed by atoms with E-state index in [2.05, 4.69) is 10.2 Å². The molecule has 0 saturated carbocycles. The van der Waals surface area contributed by atoms with Crippen LogP contribution in [0, 0.1) is 0 Å². The molecule has 2 aliphatic heterocycles. The van der Waals surface area contributed by atoms with Crippen molar-refractivity contribution in [1.29, 1.82) is 0 Å². The molecule has 2 fully saturated rings. The smallest absolute Gasteiger partial charge is 0.312 e. The van der Waals surface area contributed by atoms with Crippen molar-refractivity contribution in [2.45, 2.75) is 18.9 Å². The lowest BCUT2D eigenvalue weighted by atomic mass is 10.2. The minimum absolute atomic E-state index is 0.0430. The lowest BCUT2D eigenvalue weighted by Crippen LogP contribution is -2.53. The number of rotatable bonds is 3. The molecular formula is C17H22ClN3O3. The van der Waals surface area contributed by atoms with Crippen molar-refractivity contribution in [2.75, 3.05) is 44.2 Å². The number of nitrogens with zero attached hydrogens (tertiary/aromatic N) is 2. The number of carbonyl (C=O) groups excluding carboxylic acids is 2. The van der Waals surface area contributed by atoms with Crippen LogP contribution < -0.4 is 10.2 Å². The molecular weight excluding hydrogens is 330 g/mol. The number of hydrogen-bond acceptors (Lipinski definition) is 4. The molecule has 2 aliphatic rings. The molecule has 3 rings (SSSR count). The molecule has 2 saturated heterocycles. The third kappa shape index (κ3) is 4.19. The molecule has 1 N–H and O–H groups in total. The SMILES string of the molecule is O=C(NCC1CCCO1)C(=O)N1CCN(c2cccc(Cl)c2)CC1. The van der Waals surface area contributed by atoms with E-state index in [1.54, 1.807) is 4.90 Å². The maximum atomic E-state index is 12.2. The first kappa shape index (κ1) is 17.0. The van der Waals surface area contributed by atoms with Crippen molar-refractivity contribution < 1.29 is 14.3 Å². The summed E-state index contributed by atoms with van der Waals surface area (Å²) in [5.41, 5.74) is 1.04. The van der Waals surface area contributed by atoms with Gasteiger partial charge < -0.3 is 19.9 Å². The van der Waals surface area contributed by atoms with Crippen LogP contribution in [0.2, 0.25) is 5.02 Å². The van der Waals surface area contributed by atoms with Crippen molar-refractivity contribution >= 4 is 29.1 Å². The zero-order valence-electron chi connectivity index (χ0n) is 13.5. The van der Waals surface area contributed by atoms with E-state index in [9.17, 15) is 9.59 Å². The molecule has 1 aromatic carbocycles. The Morgan fingerprint density at radius 3 is 2.71 bits per heavy atom. The second kappa shape index (κ2) is 7.85. The topological polar surface area (TPSA) is 61.9 Å². The first-order valence-corrected chi connectivity index (χ1v) is 8.70. The normalized spacial score (nSPS) is 21.0. The van der Waals surface area contributed by atoms with Gasteiger partial charge in [-0.3, -0.25) is 9.59 Å². The molecule has 1 aromatic rings. The van der Waals surface area contributed by atoms with Gasteiger partial charge in [0.1, 0.15) is 0 Å². The third-order valence-corrected chi connectivity index (χ3v) is 4.68. The van der Waals surface area contributed by atoms with Crippen LogP contribution >= 0.6 is 11.6 Å². The predicted octanol–water partition coefficient (Wildman–Crippen LogP) is 1.28. The Bertz CT molecular complexity index is 596. The number of benzene rings is 1. The molecule has 0 aliphatic carbocycles. The molecule has 2 amide bonds. The molecule has 1 unspecified atom stereocenters. The quantitative estimate of drug-likeness (QED) is 0.833. The van der Waals surface area contributed by atoms with E-state index >= 15 is 0 Å². The van der Waals surface area contributed by atoms with Crippen molar-refractivity contribution in [3.8, 4) is 0 Å². The standard InChI is InChI=1S/C17H22ClN3O3/c18-13-3-1-4-14(11-13)20-6-8-21(9-7-20)17(23)16(22)19-12-15-5-2-10-24-15/h1,3-4,11,15H,2,5-10,12H2,(H,19,22). The van der Waals surface area contributed by atoms with E-state index in [-0.39, 0.29) is 6.10 Å². The van der Waals surface area contributed by atoms with E-state index in [0.29, 0.717) is 37.7 Å². The van der Waals surface area contributed by atoms with E-state index in [1.807, 2.05) is 24.3 Å². The largest absolute Gasteiger partial charge is 0.376 e. The first-order chi connectivity index (χ1) is 11.6. The van der Waals surface area contributed by atoms with Crippen LogP contribution in [-0.4, -0.2) is 62.1 Å². The summed E-state index contributed by atoms with van der Waals surface area (Å²) in [4.78, 5) is 28.0. The molecule has 0 aromatic heterocycles. The Labute approximate surface area is 146 Å². The number of halogens is 1. The van der Waals surface area contributed by atoms with Crippen molar-refractivity contribution in [1.82, 2.24) is 10.2 Å². The van der Waals surface area contributed by atoms with Gasteiger partial charge >= 0.3 is 11.8 Å². The van der Waals surface area contributed by atoms with Gasteiger partial charge in [-0.25, -0.2) is 0 Å². The molecule has 1 atom stereocenters. The summed E-state index contributed by atoms with van der Waals surface area (Å²) >= 11 is 6.02. The summed E-state index contributed by atoms with van der Waals surface area (Å²) in [5, 5.41) is 3.38. The number of amides is 2. The lowest BCUT2D eigenvalue weighted by molar-refractivity contribution is -0.146. The third-order valence-electron chi connectivity index (χ3n) is 4.45. The van der Waals surface area contributed by atoms with Gasteiger partial charge in [-0.2, -0.15) is 0 Å². The molecule has 0 spiro atoms. The molecule has 7 heteroatoms. The summed E-state index contributed by atoms with van der Waals surface area (Å²) in [6, 6.07) is 7.65. The number of carbonyl (C=O) groups is 2. The van der Waals surface area contributed by atoms with Crippen LogP contribution in [0.3, 0.4) is 0 Å². The molecule has 24 heavy (non-hydrogen) atoms. The van der Waals surface area contributed by atoms with Gasteiger partial charge in [-0.1, -0.05) is 17.7 Å². The van der Waals surface area contributed by atoms with Gasteiger partial charge in [-0.15, -0.1) is 0 Å². The van der Waals surface area contributed by atoms with Gasteiger partial charge in [0.15, 0.2) is 0 Å². The number of ether oxygens (including phenoxy) is 1. The van der Waals surface area contributed by atoms with Gasteiger partial charge in [0.05, 0.1) is 6.10 Å². The first-order valence-electron chi connectivity index (χ1n) is 8.33. The van der Waals surface area contributed by atoms with E-state index in [0.717, 1.165) is 25.1 Å². The fourth-order valence-corrected chi connectivity index (χ4v) is 3.26. The summed E-state index contributed by atoms with van der Waals surface area (Å²) in [7, 11) is 0. The lowest BCUT2D eigenvalue weighted by Gasteiger charge is -2.35. The highest BCUT2D eigenvalue weighted by atomic mass is 35.5. The fourth-order valence-electron chi connectivity index (χ4n) is 3.07. The Morgan fingerprint density at radius 1 is 1.25 bits per heavy atom. The summed E-state index contributed by atoms with van der Waals surface area (Å²) in [6.45, 7) is 3.57. The highest BCUT2D eigenvalue weighted by Crippen LogP contribution is 2.20. The second-order valence-electron chi connectivity index (χ2n) is 6.10. The molecule has 6 nitrogen and oxygen atoms in total. The van der Waals surface area contributed by atoms with Gasteiger partial charge in [0.2, 0.25) is 0 Å². The molecule has 2 heterocycles. The number of hydrogen-bond donors (Lipinski definition) is 1. The zero-order chi connectivity index (χ0) is 16.9. The maximum Gasteiger partial charge on any atom is 0.312 e. The Morgan fingerprint density at radius 2 is 2.04 bits per heavy atom. The Hall–Kier alpha value is -1.79. The van der Waals surface area contributed by atoms with Gasteiger partial charge in [0.25, 0.3) is 0 Å². The van der Waals surface area contributed by atoms with E-state index < -0.39 is 11.8 Å². The van der Waals surface area contributed by atoms with Crippen LogP contribution in [0.5, 0.6) is 0 Å². The van der Waals surface area contributed by atoms with Gasteiger partial charge in [-0.05, 0) is 31.0 Å². The Kier molecular flexibility index (Phi) is 5.58. The predicted molar refractivity (Wildman–Crippen MR) is 92.2 cm³/mol. The summed E-state index contributed by atoms with van der Waals surface area (Å²) < 4.78 is 5.44. The molecule has 130 valence electrons. The minimum atomic E-state index is -0.540. The highest BCUT2D eigenvalue weighted by molar-refractivity contribution is 6.35. The zero-order valence-corrected chi connectivity index (χ0v) is 14.3. The second-order valence-corrected chi connectivity index (χ2v) is 6.54. The van der Waals surface area contributed by atoms with Crippen LogP contribution in [0.4, 0.5) is 5.69 Å². The number of nitrogens with one attached hydrogen (secondary N) is 1. The summed E-state index contributed by atoms with van der Waals surface area (Å²) in [5.74, 6) is -1.000. The number of piperazine rings is 1. The average Bonchev–Trinajstić information content (AvgIpc) is 3.13.